The number of ether oxygens (including phenoxy) is 6. The van der Waals surface area contributed by atoms with Gasteiger partial charge in [0.1, 0.15) is 53.9 Å². The summed E-state index contributed by atoms with van der Waals surface area (Å²) in [5, 5.41) is 3.14. The second kappa shape index (κ2) is 19.7. The van der Waals surface area contributed by atoms with Crippen molar-refractivity contribution in [1.82, 2.24) is 30.1 Å². The number of alkyl carbamates (subject to hydrolysis) is 1. The lowest BCUT2D eigenvalue weighted by atomic mass is 9.90. The van der Waals surface area contributed by atoms with Gasteiger partial charge in [-0.05, 0) is 99.9 Å². The second-order valence-electron chi connectivity index (χ2n) is 18.4. The minimum atomic E-state index is -2.97. The third-order valence-electron chi connectivity index (χ3n) is 12.1. The van der Waals surface area contributed by atoms with Crippen molar-refractivity contribution in [3.05, 3.63) is 83.6 Å². The molecule has 3 fully saturated rings. The largest absolute Gasteiger partial charge is 0.472 e. The standard InChI is InChI=1S/C49H56F4N6O8/c1-47(2,3)67-46(61)58-24-32(50)21-48(4,27-58)57-45(60)63-18-9-13-35-38(52)15-14-31-19-34(66-29-62-5)20-36(39(31)35)41-40(53)42-37(23-54-41)43(64-26-30-11-7-6-8-12-30)56-44(55-42)65-28-49-16-10-17-59(49)25-33(51)22-49/h6-8,11-12,14-15,19-20,23,32-33H,9-10,13,16-18,21-22,24-29H2,1-5H3,(H,57,60)/t32?,33-,48?,49+/m1/s1/i4D3. The minimum Gasteiger partial charge on any atom is -0.472 e. The van der Waals surface area contributed by atoms with E-state index in [1.165, 1.54) is 31.5 Å². The van der Waals surface area contributed by atoms with Gasteiger partial charge in [0.25, 0.3) is 0 Å². The maximum atomic E-state index is 17.5. The zero-order chi connectivity index (χ0) is 50.0. The Morgan fingerprint density at radius 1 is 1.00 bits per heavy atom. The molecule has 5 heterocycles. The van der Waals surface area contributed by atoms with E-state index < -0.39 is 79.2 Å². The lowest BCUT2D eigenvalue weighted by Crippen LogP contribution is -2.61. The van der Waals surface area contributed by atoms with E-state index in [4.69, 9.17) is 32.5 Å². The van der Waals surface area contributed by atoms with Gasteiger partial charge in [-0.3, -0.25) is 9.88 Å². The van der Waals surface area contributed by atoms with Crippen molar-refractivity contribution in [3.63, 3.8) is 0 Å². The van der Waals surface area contributed by atoms with Crippen LogP contribution in [0.5, 0.6) is 17.6 Å². The molecule has 0 spiro atoms. The fraction of sp³-hybridized carbons (Fsp3) is 0.490. The molecule has 0 aliphatic carbocycles. The van der Waals surface area contributed by atoms with Crippen molar-refractivity contribution in [2.24, 2.45) is 0 Å². The lowest BCUT2D eigenvalue weighted by molar-refractivity contribution is -0.000950. The van der Waals surface area contributed by atoms with Gasteiger partial charge in [0.15, 0.2) is 12.6 Å². The summed E-state index contributed by atoms with van der Waals surface area (Å²) in [6.45, 7) is 1.50. The van der Waals surface area contributed by atoms with E-state index in [2.05, 4.69) is 25.2 Å². The monoisotopic (exact) mass is 935 g/mol. The molecular formula is C49H56F4N6O8. The summed E-state index contributed by atoms with van der Waals surface area (Å²) in [5.41, 5.74) is -3.11. The number of rotatable bonds is 15. The first-order valence-electron chi connectivity index (χ1n) is 23.8. The number of piperidine rings is 1. The lowest BCUT2D eigenvalue weighted by Gasteiger charge is -2.42. The summed E-state index contributed by atoms with van der Waals surface area (Å²) in [6, 6.07) is 14.9. The Kier molecular flexibility index (Phi) is 12.8. The van der Waals surface area contributed by atoms with Crippen LogP contribution in [-0.4, -0.2) is 119 Å². The molecule has 2 unspecified atom stereocenters. The predicted octanol–water partition coefficient (Wildman–Crippen LogP) is 9.04. The summed E-state index contributed by atoms with van der Waals surface area (Å²) in [5.74, 6) is -1.33. The molecule has 0 bridgehead atoms. The van der Waals surface area contributed by atoms with Gasteiger partial charge in [-0.1, -0.05) is 36.4 Å². The molecule has 3 aliphatic heterocycles. The number of benzene rings is 3. The number of alkyl halides is 2. The Morgan fingerprint density at radius 3 is 2.58 bits per heavy atom. The van der Waals surface area contributed by atoms with Crippen LogP contribution in [0.3, 0.4) is 0 Å². The number of hydrogen-bond acceptors (Lipinski definition) is 12. The molecule has 0 saturated carbocycles. The fourth-order valence-electron chi connectivity index (χ4n) is 9.21. The number of fused-ring (bicyclic) bond motifs is 3. The predicted molar refractivity (Wildman–Crippen MR) is 241 cm³/mol. The van der Waals surface area contributed by atoms with Gasteiger partial charge in [-0.25, -0.2) is 27.2 Å². The van der Waals surface area contributed by atoms with Gasteiger partial charge >= 0.3 is 18.2 Å². The SMILES string of the molecule is [2H]C([2H])([2H])C1(NC(=O)OCCCc2c(F)ccc3cc(OCOC)cc(-c4ncc5c(OCc6ccccc6)nc(OC[C@@]67CCCN6C[C@H](F)C7)nc5c4F)c23)CC(F)CN(C(=O)OC(C)(C)C)C1. The summed E-state index contributed by atoms with van der Waals surface area (Å²) < 4.78 is 122. The third kappa shape index (κ3) is 10.9. The van der Waals surface area contributed by atoms with E-state index in [0.717, 1.165) is 29.8 Å². The number of amides is 2. The first kappa shape index (κ1) is 43.6. The number of carbonyl (C=O) groups excluding carboxylic acids is 2. The number of nitrogens with one attached hydrogen (secondary N) is 1. The third-order valence-corrected chi connectivity index (χ3v) is 12.1. The van der Waals surface area contributed by atoms with Crippen LogP contribution in [0.4, 0.5) is 27.2 Å². The molecule has 4 atom stereocenters. The van der Waals surface area contributed by atoms with E-state index in [0.29, 0.717) is 11.9 Å². The highest BCUT2D eigenvalue weighted by molar-refractivity contribution is 6.01. The number of pyridine rings is 1. The summed E-state index contributed by atoms with van der Waals surface area (Å²) in [6.07, 6.45) is -2.41. The Balaban J connectivity index is 1.09. The molecule has 3 saturated heterocycles. The topological polar surface area (TPSA) is 147 Å². The van der Waals surface area contributed by atoms with Gasteiger partial charge in [0, 0.05) is 48.9 Å². The minimum absolute atomic E-state index is 0.00617. The van der Waals surface area contributed by atoms with E-state index in [-0.39, 0.29) is 96.6 Å². The van der Waals surface area contributed by atoms with Crippen LogP contribution in [0.25, 0.3) is 32.9 Å². The van der Waals surface area contributed by atoms with Crippen molar-refractivity contribution < 1.29 is 59.7 Å². The van der Waals surface area contributed by atoms with Gasteiger partial charge in [-0.2, -0.15) is 9.97 Å². The first-order valence-corrected chi connectivity index (χ1v) is 22.3. The highest BCUT2D eigenvalue weighted by atomic mass is 19.1. The number of aryl methyl sites for hydroxylation is 1. The Hall–Kier alpha value is -6.01. The molecule has 14 nitrogen and oxygen atoms in total. The highest BCUT2D eigenvalue weighted by Crippen LogP contribution is 2.42. The zero-order valence-electron chi connectivity index (χ0n) is 40.8. The molecule has 2 amide bonds. The van der Waals surface area contributed by atoms with Crippen molar-refractivity contribution in [3.8, 4) is 28.9 Å². The van der Waals surface area contributed by atoms with Crippen LogP contribution >= 0.6 is 0 Å². The second-order valence-corrected chi connectivity index (χ2v) is 18.4. The van der Waals surface area contributed by atoms with Gasteiger partial charge in [0.2, 0.25) is 5.88 Å². The summed E-state index contributed by atoms with van der Waals surface area (Å²) in [4.78, 5) is 42.8. The van der Waals surface area contributed by atoms with Crippen LogP contribution in [0.1, 0.15) is 75.0 Å². The quantitative estimate of drug-likeness (QED) is 0.0607. The average molecular weight is 936 g/mol. The van der Waals surface area contributed by atoms with Crippen LogP contribution < -0.4 is 19.5 Å². The molecule has 2 aromatic heterocycles. The number of halogens is 4. The van der Waals surface area contributed by atoms with Crippen molar-refractivity contribution in [2.75, 3.05) is 53.3 Å². The van der Waals surface area contributed by atoms with Crippen molar-refractivity contribution in [1.29, 1.82) is 0 Å². The number of methoxy groups -OCH3 is 1. The molecule has 1 N–H and O–H groups in total. The Labute approximate surface area is 390 Å². The molecule has 3 aromatic carbocycles. The van der Waals surface area contributed by atoms with Crippen LogP contribution in [-0.2, 0) is 27.2 Å². The summed E-state index contributed by atoms with van der Waals surface area (Å²) >= 11 is 0. The number of likely N-dealkylation sites (tertiary alicyclic amines) is 1. The van der Waals surface area contributed by atoms with Gasteiger partial charge < -0.3 is 38.6 Å². The average Bonchev–Trinajstić information content (AvgIpc) is 3.83. The number of hydrogen-bond donors (Lipinski definition) is 1. The summed E-state index contributed by atoms with van der Waals surface area (Å²) in [7, 11) is 1.43. The molecule has 3 aliphatic rings. The first-order chi connectivity index (χ1) is 33.3. The van der Waals surface area contributed by atoms with Crippen LogP contribution in [0.2, 0.25) is 0 Å². The Morgan fingerprint density at radius 2 is 1.81 bits per heavy atom. The highest BCUT2D eigenvalue weighted by Gasteiger charge is 2.49. The number of aromatic nitrogens is 3. The van der Waals surface area contributed by atoms with E-state index in [1.807, 2.05) is 30.3 Å². The maximum absolute atomic E-state index is 17.5. The molecular weight excluding hydrogens is 877 g/mol. The number of carbonyl (C=O) groups is 2. The molecule has 18 heteroatoms. The fourth-order valence-corrected chi connectivity index (χ4v) is 9.21. The van der Waals surface area contributed by atoms with E-state index in [1.54, 1.807) is 26.8 Å². The van der Waals surface area contributed by atoms with Crippen molar-refractivity contribution >= 4 is 33.9 Å². The molecule has 5 aromatic rings. The molecule has 67 heavy (non-hydrogen) atoms. The van der Waals surface area contributed by atoms with E-state index >= 15 is 13.2 Å². The molecule has 8 rings (SSSR count). The smallest absolute Gasteiger partial charge is 0.410 e. The Bertz CT molecular complexity index is 2720. The van der Waals surface area contributed by atoms with Gasteiger partial charge in [0.05, 0.1) is 29.6 Å². The van der Waals surface area contributed by atoms with Crippen LogP contribution in [0.15, 0.2) is 60.8 Å². The van der Waals surface area contributed by atoms with Crippen molar-refractivity contribution in [2.45, 2.75) is 102 Å². The van der Waals surface area contributed by atoms with E-state index in [9.17, 15) is 14.0 Å². The zero-order valence-corrected chi connectivity index (χ0v) is 37.8. The molecule has 0 radical (unpaired) electrons. The van der Waals surface area contributed by atoms with Crippen LogP contribution in [0, 0.1) is 11.6 Å². The molecule has 358 valence electrons. The maximum Gasteiger partial charge on any atom is 0.410 e. The number of nitrogens with zero attached hydrogens (tertiary/aromatic N) is 5. The normalized spacial score (nSPS) is 22.7. The van der Waals surface area contributed by atoms with Gasteiger partial charge in [-0.15, -0.1) is 0 Å².